The number of benzene rings is 1. The Kier molecular flexibility index (Phi) is 7.11. The Hall–Kier alpha value is -0.930. The van der Waals surface area contributed by atoms with E-state index in [1.165, 1.54) is 0 Å². The first-order valence-electron chi connectivity index (χ1n) is 6.03. The van der Waals surface area contributed by atoms with E-state index < -0.39 is 0 Å². The van der Waals surface area contributed by atoms with Gasteiger partial charge in [0.1, 0.15) is 11.5 Å². The maximum Gasteiger partial charge on any atom is 0.127 e. The van der Waals surface area contributed by atoms with Gasteiger partial charge in [-0.25, -0.2) is 0 Å². The summed E-state index contributed by atoms with van der Waals surface area (Å²) in [7, 11) is 3.34. The van der Waals surface area contributed by atoms with Gasteiger partial charge in [0, 0.05) is 6.04 Å². The second-order valence-electron chi connectivity index (χ2n) is 4.49. The predicted molar refractivity (Wildman–Crippen MR) is 77.9 cm³/mol. The van der Waals surface area contributed by atoms with Gasteiger partial charge in [-0.05, 0) is 30.5 Å². The summed E-state index contributed by atoms with van der Waals surface area (Å²) in [6.07, 6.45) is 1.03. The molecule has 2 atom stereocenters. The molecule has 1 rings (SSSR count). The smallest absolute Gasteiger partial charge is 0.127 e. The Morgan fingerprint density at radius 3 is 1.94 bits per heavy atom. The summed E-state index contributed by atoms with van der Waals surface area (Å²) in [6, 6.07) is 3.94. The van der Waals surface area contributed by atoms with Crippen molar-refractivity contribution in [2.45, 2.75) is 33.2 Å². The predicted octanol–water partition coefficient (Wildman–Crippen LogP) is 3.48. The molecule has 0 aliphatic rings. The lowest BCUT2D eigenvalue weighted by Gasteiger charge is -2.23. The highest BCUT2D eigenvalue weighted by atomic mass is 35.5. The van der Waals surface area contributed by atoms with E-state index in [1.54, 1.807) is 14.2 Å². The number of ether oxygens (including phenoxy) is 2. The van der Waals surface area contributed by atoms with Crippen LogP contribution in [0.25, 0.3) is 0 Å². The van der Waals surface area contributed by atoms with Crippen molar-refractivity contribution in [1.82, 2.24) is 0 Å². The molecule has 0 aromatic heterocycles. The van der Waals surface area contributed by atoms with Crippen LogP contribution < -0.4 is 15.2 Å². The third-order valence-corrected chi connectivity index (χ3v) is 3.28. The monoisotopic (exact) mass is 273 g/mol. The largest absolute Gasteiger partial charge is 0.496 e. The number of hydrogen-bond acceptors (Lipinski definition) is 3. The molecule has 104 valence electrons. The molecule has 3 nitrogen and oxygen atoms in total. The standard InChI is InChI=1S/C14H23NO2.ClH/c1-6-10(3)14(15)13-11(16-4)7-9(2)8-12(13)17-5;/h7-8,10,14H,6,15H2,1-5H3;1H/t10?,14-;/m1./s1. The fourth-order valence-corrected chi connectivity index (χ4v) is 1.94. The van der Waals surface area contributed by atoms with Crippen molar-refractivity contribution >= 4 is 12.4 Å². The van der Waals surface area contributed by atoms with E-state index >= 15 is 0 Å². The van der Waals surface area contributed by atoms with E-state index in [0.29, 0.717) is 5.92 Å². The van der Waals surface area contributed by atoms with Gasteiger partial charge in [-0.3, -0.25) is 0 Å². The Bertz CT molecular complexity index is 357. The summed E-state index contributed by atoms with van der Waals surface area (Å²) in [5.41, 5.74) is 8.37. The van der Waals surface area contributed by atoms with Gasteiger partial charge < -0.3 is 15.2 Å². The lowest BCUT2D eigenvalue weighted by atomic mass is 9.91. The Morgan fingerprint density at radius 2 is 1.61 bits per heavy atom. The SMILES string of the molecule is CCC(C)[C@@H](N)c1c(OC)cc(C)cc1OC.Cl. The third kappa shape index (κ3) is 3.53. The van der Waals surface area contributed by atoms with E-state index in [-0.39, 0.29) is 18.4 Å². The van der Waals surface area contributed by atoms with Crippen molar-refractivity contribution in [1.29, 1.82) is 0 Å². The van der Waals surface area contributed by atoms with E-state index in [4.69, 9.17) is 15.2 Å². The van der Waals surface area contributed by atoms with Crippen LogP contribution in [-0.2, 0) is 0 Å². The molecule has 0 radical (unpaired) electrons. The summed E-state index contributed by atoms with van der Waals surface area (Å²) >= 11 is 0. The summed E-state index contributed by atoms with van der Waals surface area (Å²) < 4.78 is 10.8. The van der Waals surface area contributed by atoms with Crippen molar-refractivity contribution in [2.75, 3.05) is 14.2 Å². The third-order valence-electron chi connectivity index (χ3n) is 3.28. The van der Waals surface area contributed by atoms with Crippen LogP contribution in [0, 0.1) is 12.8 Å². The van der Waals surface area contributed by atoms with Crippen molar-refractivity contribution in [3.05, 3.63) is 23.3 Å². The lowest BCUT2D eigenvalue weighted by Crippen LogP contribution is -2.20. The minimum atomic E-state index is -0.0644. The quantitative estimate of drug-likeness (QED) is 0.893. The first-order chi connectivity index (χ1) is 8.04. The van der Waals surface area contributed by atoms with Gasteiger partial charge in [0.05, 0.1) is 19.8 Å². The molecule has 0 heterocycles. The molecule has 0 fully saturated rings. The highest BCUT2D eigenvalue weighted by Crippen LogP contribution is 2.38. The minimum absolute atomic E-state index is 0. The summed E-state index contributed by atoms with van der Waals surface area (Å²) in [5.74, 6) is 2.02. The molecule has 1 aromatic carbocycles. The number of halogens is 1. The molecule has 0 bridgehead atoms. The second kappa shape index (κ2) is 7.49. The average molecular weight is 274 g/mol. The summed E-state index contributed by atoms with van der Waals surface area (Å²) in [6.45, 7) is 6.30. The highest BCUT2D eigenvalue weighted by Gasteiger charge is 2.22. The molecule has 0 aliphatic carbocycles. The van der Waals surface area contributed by atoms with Crippen LogP contribution in [0.5, 0.6) is 11.5 Å². The number of rotatable bonds is 5. The van der Waals surface area contributed by atoms with E-state index in [1.807, 2.05) is 19.1 Å². The topological polar surface area (TPSA) is 44.5 Å². The van der Waals surface area contributed by atoms with Crippen molar-refractivity contribution in [2.24, 2.45) is 11.7 Å². The fraction of sp³-hybridized carbons (Fsp3) is 0.571. The zero-order valence-corrected chi connectivity index (χ0v) is 12.6. The molecular formula is C14H24ClNO2. The summed E-state index contributed by atoms with van der Waals surface area (Å²) in [5, 5.41) is 0. The molecule has 0 spiro atoms. The number of nitrogens with two attached hydrogens (primary N) is 1. The molecule has 0 amide bonds. The molecule has 0 saturated heterocycles. The molecular weight excluding hydrogens is 250 g/mol. The fourth-order valence-electron chi connectivity index (χ4n) is 1.94. The van der Waals surface area contributed by atoms with Gasteiger partial charge in [0.2, 0.25) is 0 Å². The average Bonchev–Trinajstić information content (AvgIpc) is 2.35. The highest BCUT2D eigenvalue weighted by molar-refractivity contribution is 5.85. The Labute approximate surface area is 116 Å². The number of methoxy groups -OCH3 is 2. The molecule has 1 aromatic rings. The van der Waals surface area contributed by atoms with Crippen molar-refractivity contribution in [3.8, 4) is 11.5 Å². The van der Waals surface area contributed by atoms with E-state index in [2.05, 4.69) is 13.8 Å². The van der Waals surface area contributed by atoms with Crippen LogP contribution in [0.1, 0.15) is 37.4 Å². The molecule has 1 unspecified atom stereocenters. The van der Waals surface area contributed by atoms with E-state index in [9.17, 15) is 0 Å². The van der Waals surface area contributed by atoms with Crippen LogP contribution in [0.15, 0.2) is 12.1 Å². The van der Waals surface area contributed by atoms with Crippen LogP contribution >= 0.6 is 12.4 Å². The van der Waals surface area contributed by atoms with Crippen LogP contribution in [0.4, 0.5) is 0 Å². The van der Waals surface area contributed by atoms with Gasteiger partial charge in [0.15, 0.2) is 0 Å². The second-order valence-corrected chi connectivity index (χ2v) is 4.49. The molecule has 0 saturated carbocycles. The van der Waals surface area contributed by atoms with Crippen molar-refractivity contribution < 1.29 is 9.47 Å². The first-order valence-corrected chi connectivity index (χ1v) is 6.03. The van der Waals surface area contributed by atoms with Crippen LogP contribution in [0.2, 0.25) is 0 Å². The zero-order valence-electron chi connectivity index (χ0n) is 11.8. The van der Waals surface area contributed by atoms with E-state index in [0.717, 1.165) is 29.0 Å². The van der Waals surface area contributed by atoms with Crippen LogP contribution in [0.3, 0.4) is 0 Å². The first kappa shape index (κ1) is 17.1. The van der Waals surface area contributed by atoms with Crippen LogP contribution in [-0.4, -0.2) is 14.2 Å². The van der Waals surface area contributed by atoms with Gasteiger partial charge >= 0.3 is 0 Å². The van der Waals surface area contributed by atoms with Gasteiger partial charge in [-0.1, -0.05) is 20.3 Å². The zero-order chi connectivity index (χ0) is 13.0. The summed E-state index contributed by atoms with van der Waals surface area (Å²) in [4.78, 5) is 0. The minimum Gasteiger partial charge on any atom is -0.496 e. The number of aryl methyl sites for hydroxylation is 1. The molecule has 0 aliphatic heterocycles. The van der Waals surface area contributed by atoms with Gasteiger partial charge in [-0.2, -0.15) is 0 Å². The van der Waals surface area contributed by atoms with Gasteiger partial charge in [0.25, 0.3) is 0 Å². The van der Waals surface area contributed by atoms with Crippen molar-refractivity contribution in [3.63, 3.8) is 0 Å². The maximum absolute atomic E-state index is 6.29. The molecule has 2 N–H and O–H groups in total. The Morgan fingerprint density at radius 1 is 1.17 bits per heavy atom. The number of hydrogen-bond donors (Lipinski definition) is 1. The van der Waals surface area contributed by atoms with Gasteiger partial charge in [-0.15, -0.1) is 12.4 Å². The molecule has 18 heavy (non-hydrogen) atoms. The normalized spacial score (nSPS) is 13.4. The molecule has 4 heteroatoms. The maximum atomic E-state index is 6.29. The lowest BCUT2D eigenvalue weighted by molar-refractivity contribution is 0.359. The Balaban J connectivity index is 0.00000289.